The van der Waals surface area contributed by atoms with Gasteiger partial charge < -0.3 is 5.73 Å². The van der Waals surface area contributed by atoms with Crippen LogP contribution in [0.15, 0.2) is 24.3 Å². The van der Waals surface area contributed by atoms with E-state index >= 15 is 0 Å². The van der Waals surface area contributed by atoms with Gasteiger partial charge in [0.15, 0.2) is 0 Å². The van der Waals surface area contributed by atoms with Gasteiger partial charge >= 0.3 is 0 Å². The highest BCUT2D eigenvalue weighted by molar-refractivity contribution is 5.37. The van der Waals surface area contributed by atoms with E-state index in [0.29, 0.717) is 18.4 Å². The molecule has 0 atom stereocenters. The molecular formula is C17H26N4. The summed E-state index contributed by atoms with van der Waals surface area (Å²) in [6.07, 6.45) is 2.14. The minimum absolute atomic E-state index is 0.440. The van der Waals surface area contributed by atoms with Crippen LogP contribution in [-0.4, -0.2) is 15.0 Å². The van der Waals surface area contributed by atoms with Crippen molar-refractivity contribution in [1.82, 2.24) is 15.0 Å². The zero-order chi connectivity index (χ0) is 15.4. The van der Waals surface area contributed by atoms with Crippen molar-refractivity contribution in [1.29, 1.82) is 0 Å². The van der Waals surface area contributed by atoms with Crippen molar-refractivity contribution in [2.45, 2.75) is 58.9 Å². The maximum Gasteiger partial charge on any atom is 0.100 e. The summed E-state index contributed by atoms with van der Waals surface area (Å²) in [5.74, 6) is 0.983. The maximum absolute atomic E-state index is 5.84. The number of rotatable bonds is 6. The third-order valence-corrected chi connectivity index (χ3v) is 4.15. The Morgan fingerprint density at radius 2 is 1.71 bits per heavy atom. The molecule has 0 radical (unpaired) electrons. The van der Waals surface area contributed by atoms with Crippen molar-refractivity contribution in [2.24, 2.45) is 5.73 Å². The fourth-order valence-electron chi connectivity index (χ4n) is 2.74. The second-order valence-electron chi connectivity index (χ2n) is 5.80. The molecule has 2 aromatic rings. The largest absolute Gasteiger partial charge is 0.325 e. The normalized spacial score (nSPS) is 11.6. The molecule has 0 spiro atoms. The Hall–Kier alpha value is -1.68. The number of nitrogens with zero attached hydrogens (tertiary/aromatic N) is 3. The first-order chi connectivity index (χ1) is 10.1. The maximum atomic E-state index is 5.84. The summed E-state index contributed by atoms with van der Waals surface area (Å²) in [7, 11) is 0. The van der Waals surface area contributed by atoms with Gasteiger partial charge in [0.1, 0.15) is 5.69 Å². The Labute approximate surface area is 127 Å². The van der Waals surface area contributed by atoms with Crippen LogP contribution in [0.2, 0.25) is 0 Å². The second-order valence-corrected chi connectivity index (χ2v) is 5.80. The minimum Gasteiger partial charge on any atom is -0.325 e. The fourth-order valence-corrected chi connectivity index (χ4v) is 2.74. The average molecular weight is 286 g/mol. The van der Waals surface area contributed by atoms with Crippen LogP contribution in [0.5, 0.6) is 0 Å². The van der Waals surface area contributed by atoms with Gasteiger partial charge in [-0.3, -0.25) is 0 Å². The van der Waals surface area contributed by atoms with Gasteiger partial charge in [0, 0.05) is 12.5 Å². The molecule has 1 heterocycles. The Balaban J connectivity index is 2.46. The van der Waals surface area contributed by atoms with E-state index in [2.05, 4.69) is 62.3 Å². The van der Waals surface area contributed by atoms with Gasteiger partial charge in [-0.2, -0.15) is 0 Å². The van der Waals surface area contributed by atoms with E-state index in [-0.39, 0.29) is 0 Å². The van der Waals surface area contributed by atoms with Crippen LogP contribution in [0, 0.1) is 0 Å². The quantitative estimate of drug-likeness (QED) is 0.879. The lowest BCUT2D eigenvalue weighted by Crippen LogP contribution is -2.10. The van der Waals surface area contributed by atoms with E-state index in [1.165, 1.54) is 11.3 Å². The number of hydrogen-bond donors (Lipinski definition) is 1. The lowest BCUT2D eigenvalue weighted by Gasteiger charge is -2.16. The van der Waals surface area contributed by atoms with Gasteiger partial charge in [-0.05, 0) is 36.5 Å². The fraction of sp³-hybridized carbons (Fsp3) is 0.529. The van der Waals surface area contributed by atoms with Gasteiger partial charge in [0.05, 0.1) is 11.4 Å². The first-order valence-electron chi connectivity index (χ1n) is 7.87. The number of aromatic nitrogens is 3. The molecule has 0 aliphatic heterocycles. The highest BCUT2D eigenvalue weighted by Gasteiger charge is 2.20. The Morgan fingerprint density at radius 3 is 2.19 bits per heavy atom. The highest BCUT2D eigenvalue weighted by atomic mass is 15.4. The smallest absolute Gasteiger partial charge is 0.100 e. The summed E-state index contributed by atoms with van der Waals surface area (Å²) in [5.41, 5.74) is 10.3. The molecule has 2 N–H and O–H groups in total. The first kappa shape index (κ1) is 15.7. The molecule has 114 valence electrons. The molecule has 21 heavy (non-hydrogen) atoms. The summed E-state index contributed by atoms with van der Waals surface area (Å²) < 4.78 is 1.96. The summed E-state index contributed by atoms with van der Waals surface area (Å²) in [5, 5.41) is 8.61. The molecule has 0 unspecified atom stereocenters. The molecule has 0 bridgehead atoms. The first-order valence-corrected chi connectivity index (χ1v) is 7.87. The van der Waals surface area contributed by atoms with Gasteiger partial charge in [-0.15, -0.1) is 5.10 Å². The molecule has 1 aromatic heterocycles. The van der Waals surface area contributed by atoms with Crippen molar-refractivity contribution in [2.75, 3.05) is 0 Å². The predicted molar refractivity (Wildman–Crippen MR) is 86.7 cm³/mol. The van der Waals surface area contributed by atoms with E-state index in [4.69, 9.17) is 5.73 Å². The summed E-state index contributed by atoms with van der Waals surface area (Å²) in [6, 6.07) is 8.58. The summed E-state index contributed by atoms with van der Waals surface area (Å²) >= 11 is 0. The lowest BCUT2D eigenvalue weighted by atomic mass is 9.97. The summed E-state index contributed by atoms with van der Waals surface area (Å²) in [6.45, 7) is 9.25. The van der Waals surface area contributed by atoms with Gasteiger partial charge in [0.2, 0.25) is 0 Å². The Kier molecular flexibility index (Phi) is 5.12. The molecule has 0 saturated heterocycles. The molecule has 0 fully saturated rings. The van der Waals surface area contributed by atoms with Crippen molar-refractivity contribution in [3.63, 3.8) is 0 Å². The molecule has 0 aliphatic carbocycles. The molecule has 1 aromatic carbocycles. The molecule has 0 saturated carbocycles. The minimum atomic E-state index is 0.440. The van der Waals surface area contributed by atoms with Crippen molar-refractivity contribution < 1.29 is 0 Å². The molecule has 4 nitrogen and oxygen atoms in total. The van der Waals surface area contributed by atoms with E-state index in [0.717, 1.165) is 24.2 Å². The third kappa shape index (κ3) is 3.16. The monoisotopic (exact) mass is 286 g/mol. The van der Waals surface area contributed by atoms with Crippen LogP contribution in [-0.2, 0) is 6.54 Å². The van der Waals surface area contributed by atoms with E-state index in [1.807, 2.05) is 4.68 Å². The number of benzene rings is 1. The van der Waals surface area contributed by atoms with Crippen molar-refractivity contribution >= 4 is 0 Å². The van der Waals surface area contributed by atoms with Crippen LogP contribution in [0.4, 0.5) is 0 Å². The predicted octanol–water partition coefficient (Wildman–Crippen LogP) is 3.75. The van der Waals surface area contributed by atoms with Crippen LogP contribution < -0.4 is 5.73 Å². The molecule has 0 aliphatic rings. The summed E-state index contributed by atoms with van der Waals surface area (Å²) in [4.78, 5) is 0. The van der Waals surface area contributed by atoms with Crippen molar-refractivity contribution in [3.05, 3.63) is 41.2 Å². The molecule has 0 amide bonds. The van der Waals surface area contributed by atoms with E-state index < -0.39 is 0 Å². The van der Waals surface area contributed by atoms with E-state index in [1.54, 1.807) is 0 Å². The van der Waals surface area contributed by atoms with Crippen LogP contribution in [0.1, 0.15) is 69.3 Å². The van der Waals surface area contributed by atoms with Crippen molar-refractivity contribution in [3.8, 4) is 5.69 Å². The van der Waals surface area contributed by atoms with Gasteiger partial charge in [0.25, 0.3) is 0 Å². The standard InChI is InChI=1S/C17H26N4/c1-5-13(6-2)17-16(11-18)19-20-21(17)15-9-7-14(8-10-15)12(3)4/h7-10,12-13H,5-6,11,18H2,1-4H3. The Bertz CT molecular complexity index is 565. The third-order valence-electron chi connectivity index (χ3n) is 4.15. The average Bonchev–Trinajstić information content (AvgIpc) is 2.92. The highest BCUT2D eigenvalue weighted by Crippen LogP contribution is 2.27. The number of hydrogen-bond acceptors (Lipinski definition) is 3. The molecule has 2 rings (SSSR count). The topological polar surface area (TPSA) is 56.7 Å². The van der Waals surface area contributed by atoms with Gasteiger partial charge in [-0.25, -0.2) is 4.68 Å². The zero-order valence-electron chi connectivity index (χ0n) is 13.5. The van der Waals surface area contributed by atoms with E-state index in [9.17, 15) is 0 Å². The van der Waals surface area contributed by atoms with Crippen LogP contribution in [0.25, 0.3) is 5.69 Å². The molecule has 4 heteroatoms. The zero-order valence-corrected chi connectivity index (χ0v) is 13.5. The SMILES string of the molecule is CCC(CC)c1c(CN)nnn1-c1ccc(C(C)C)cc1. The van der Waals surface area contributed by atoms with Crippen LogP contribution in [0.3, 0.4) is 0 Å². The molecular weight excluding hydrogens is 260 g/mol. The van der Waals surface area contributed by atoms with Crippen LogP contribution >= 0.6 is 0 Å². The second kappa shape index (κ2) is 6.85. The lowest BCUT2D eigenvalue weighted by molar-refractivity contribution is 0.590. The number of nitrogens with two attached hydrogens (primary N) is 1. The van der Waals surface area contributed by atoms with Gasteiger partial charge in [-0.1, -0.05) is 45.0 Å². The Morgan fingerprint density at radius 1 is 1.10 bits per heavy atom.